The number of hydrogen-bond donors (Lipinski definition) is 1. The fraction of sp³-hybridized carbons (Fsp3) is 0.471. The first-order valence-corrected chi connectivity index (χ1v) is 9.20. The Kier molecular flexibility index (Phi) is 5.93. The van der Waals surface area contributed by atoms with Crippen molar-refractivity contribution < 1.29 is 9.18 Å². The van der Waals surface area contributed by atoms with Gasteiger partial charge in [-0.15, -0.1) is 10.2 Å². The van der Waals surface area contributed by atoms with Crippen molar-refractivity contribution in [3.63, 3.8) is 0 Å². The van der Waals surface area contributed by atoms with Gasteiger partial charge in [-0.05, 0) is 17.7 Å². The van der Waals surface area contributed by atoms with Crippen molar-refractivity contribution >= 4 is 22.4 Å². The van der Waals surface area contributed by atoms with Gasteiger partial charge < -0.3 is 10.2 Å². The van der Waals surface area contributed by atoms with Crippen molar-refractivity contribution in [3.05, 3.63) is 40.7 Å². The molecule has 1 aromatic heterocycles. The number of aromatic nitrogens is 2. The maximum Gasteiger partial charge on any atom is 0.219 e. The number of nitrogens with zero attached hydrogens (tertiary/aromatic N) is 4. The van der Waals surface area contributed by atoms with Crippen molar-refractivity contribution in [2.45, 2.75) is 13.3 Å². The molecule has 0 spiro atoms. The third-order valence-corrected chi connectivity index (χ3v) is 5.14. The molecule has 1 aliphatic heterocycles. The van der Waals surface area contributed by atoms with Gasteiger partial charge in [0, 0.05) is 52.6 Å². The van der Waals surface area contributed by atoms with Gasteiger partial charge in [0.05, 0.1) is 0 Å². The predicted octanol–water partition coefficient (Wildman–Crippen LogP) is 1.84. The summed E-state index contributed by atoms with van der Waals surface area (Å²) in [5.74, 6) is -0.0761. The maximum atomic E-state index is 12.9. The van der Waals surface area contributed by atoms with Crippen molar-refractivity contribution in [3.8, 4) is 0 Å². The molecule has 1 saturated heterocycles. The van der Waals surface area contributed by atoms with Gasteiger partial charge in [0.2, 0.25) is 11.0 Å². The number of halogens is 1. The van der Waals surface area contributed by atoms with Crippen LogP contribution in [0.3, 0.4) is 0 Å². The molecule has 3 rings (SSSR count). The number of rotatable bonds is 6. The van der Waals surface area contributed by atoms with Crippen LogP contribution in [0.5, 0.6) is 0 Å². The predicted molar refractivity (Wildman–Crippen MR) is 96.3 cm³/mol. The monoisotopic (exact) mass is 363 g/mol. The highest BCUT2D eigenvalue weighted by Crippen LogP contribution is 2.18. The molecule has 1 fully saturated rings. The second-order valence-electron chi connectivity index (χ2n) is 6.08. The molecule has 0 aliphatic carbocycles. The Labute approximate surface area is 150 Å². The van der Waals surface area contributed by atoms with Crippen LogP contribution in [0.2, 0.25) is 0 Å². The van der Waals surface area contributed by atoms with Crippen LogP contribution in [0.15, 0.2) is 24.3 Å². The Morgan fingerprint density at radius 3 is 2.60 bits per heavy atom. The lowest BCUT2D eigenvalue weighted by Gasteiger charge is -2.34. The van der Waals surface area contributed by atoms with Gasteiger partial charge in [0.15, 0.2) is 0 Å². The number of nitrogens with one attached hydrogen (secondary N) is 1. The minimum absolute atomic E-state index is 0.153. The number of carbonyl (C=O) groups is 1. The molecule has 1 aliphatic rings. The maximum absolute atomic E-state index is 12.9. The summed E-state index contributed by atoms with van der Waals surface area (Å²) in [6, 6.07) is 6.46. The summed E-state index contributed by atoms with van der Waals surface area (Å²) >= 11 is 1.52. The molecule has 2 aromatic rings. The summed E-state index contributed by atoms with van der Waals surface area (Å²) in [5, 5.41) is 13.4. The zero-order chi connectivity index (χ0) is 17.6. The van der Waals surface area contributed by atoms with E-state index < -0.39 is 0 Å². The van der Waals surface area contributed by atoms with Crippen molar-refractivity contribution in [1.82, 2.24) is 20.0 Å². The molecule has 1 amide bonds. The fourth-order valence-corrected chi connectivity index (χ4v) is 3.58. The molecule has 0 unspecified atom stereocenters. The van der Waals surface area contributed by atoms with Crippen LogP contribution in [0.4, 0.5) is 9.52 Å². The van der Waals surface area contributed by atoms with Gasteiger partial charge in [-0.2, -0.15) is 0 Å². The van der Waals surface area contributed by atoms with E-state index in [0.717, 1.165) is 55.0 Å². The first-order valence-electron chi connectivity index (χ1n) is 8.39. The van der Waals surface area contributed by atoms with Crippen LogP contribution in [0.25, 0.3) is 0 Å². The number of anilines is 1. The lowest BCUT2D eigenvalue weighted by molar-refractivity contribution is -0.130. The number of piperazine rings is 1. The topological polar surface area (TPSA) is 61.4 Å². The Balaban J connectivity index is 1.40. The molecule has 2 heterocycles. The summed E-state index contributed by atoms with van der Waals surface area (Å²) in [6.45, 7) is 6.76. The van der Waals surface area contributed by atoms with Gasteiger partial charge in [-0.3, -0.25) is 9.69 Å². The molecule has 0 bridgehead atoms. The zero-order valence-corrected chi connectivity index (χ0v) is 15.1. The zero-order valence-electron chi connectivity index (χ0n) is 14.2. The van der Waals surface area contributed by atoms with Crippen LogP contribution in [-0.4, -0.2) is 65.2 Å². The average Bonchev–Trinajstić information content (AvgIpc) is 3.05. The van der Waals surface area contributed by atoms with E-state index in [1.54, 1.807) is 19.1 Å². The van der Waals surface area contributed by atoms with E-state index in [4.69, 9.17) is 0 Å². The average molecular weight is 363 g/mol. The van der Waals surface area contributed by atoms with Crippen molar-refractivity contribution in [2.75, 3.05) is 44.6 Å². The molecule has 0 atom stereocenters. The van der Waals surface area contributed by atoms with Gasteiger partial charge in [0.1, 0.15) is 10.8 Å². The number of benzene rings is 1. The smallest absolute Gasteiger partial charge is 0.219 e. The molecular weight excluding hydrogens is 341 g/mol. The number of amides is 1. The highest BCUT2D eigenvalue weighted by atomic mass is 32.1. The summed E-state index contributed by atoms with van der Waals surface area (Å²) < 4.78 is 12.9. The van der Waals surface area contributed by atoms with Crippen molar-refractivity contribution in [1.29, 1.82) is 0 Å². The molecule has 1 N–H and O–H groups in total. The Hall–Kier alpha value is -2.06. The fourth-order valence-electron chi connectivity index (χ4n) is 2.78. The van der Waals surface area contributed by atoms with Crippen LogP contribution < -0.4 is 5.32 Å². The Bertz CT molecular complexity index is 697. The molecule has 1 aromatic carbocycles. The van der Waals surface area contributed by atoms with Gasteiger partial charge in [0.25, 0.3) is 0 Å². The SMILES string of the molecule is CC(=O)N1CCN(CCNc2nnc(Cc3ccc(F)cc3)s2)CC1. The van der Waals surface area contributed by atoms with Crippen LogP contribution in [0, 0.1) is 5.82 Å². The second kappa shape index (κ2) is 8.35. The lowest BCUT2D eigenvalue weighted by Crippen LogP contribution is -2.49. The van der Waals surface area contributed by atoms with E-state index in [-0.39, 0.29) is 11.7 Å². The van der Waals surface area contributed by atoms with E-state index >= 15 is 0 Å². The van der Waals surface area contributed by atoms with Gasteiger partial charge in [-0.25, -0.2) is 4.39 Å². The van der Waals surface area contributed by atoms with E-state index in [9.17, 15) is 9.18 Å². The van der Waals surface area contributed by atoms with E-state index in [1.807, 2.05) is 4.90 Å². The van der Waals surface area contributed by atoms with Gasteiger partial charge >= 0.3 is 0 Å². The van der Waals surface area contributed by atoms with E-state index in [0.29, 0.717) is 6.42 Å². The molecular formula is C17H22FN5OS. The third-order valence-electron chi connectivity index (χ3n) is 4.26. The molecule has 8 heteroatoms. The summed E-state index contributed by atoms with van der Waals surface area (Å²) in [4.78, 5) is 15.5. The third kappa shape index (κ3) is 5.20. The summed E-state index contributed by atoms with van der Waals surface area (Å²) in [7, 11) is 0. The first-order chi connectivity index (χ1) is 12.1. The van der Waals surface area contributed by atoms with Crippen LogP contribution in [0.1, 0.15) is 17.5 Å². The lowest BCUT2D eigenvalue weighted by atomic mass is 10.2. The number of carbonyl (C=O) groups excluding carboxylic acids is 1. The largest absolute Gasteiger partial charge is 0.359 e. The van der Waals surface area contributed by atoms with Gasteiger partial charge in [-0.1, -0.05) is 23.5 Å². The first kappa shape index (κ1) is 17.8. The second-order valence-corrected chi connectivity index (χ2v) is 7.14. The quantitative estimate of drug-likeness (QED) is 0.849. The molecule has 6 nitrogen and oxygen atoms in total. The van der Waals surface area contributed by atoms with Crippen LogP contribution in [-0.2, 0) is 11.2 Å². The Morgan fingerprint density at radius 1 is 1.20 bits per heavy atom. The summed E-state index contributed by atoms with van der Waals surface area (Å²) in [6.07, 6.45) is 0.659. The minimum atomic E-state index is -0.229. The number of hydrogen-bond acceptors (Lipinski definition) is 6. The molecule has 0 radical (unpaired) electrons. The van der Waals surface area contributed by atoms with Crippen molar-refractivity contribution in [2.24, 2.45) is 0 Å². The molecule has 0 saturated carbocycles. The molecule has 134 valence electrons. The highest BCUT2D eigenvalue weighted by molar-refractivity contribution is 7.15. The van der Waals surface area contributed by atoms with Crippen LogP contribution >= 0.6 is 11.3 Å². The molecule has 25 heavy (non-hydrogen) atoms. The standard InChI is InChI=1S/C17H22FN5OS/c1-13(24)23-10-8-22(9-11-23)7-6-19-17-21-20-16(25-17)12-14-2-4-15(18)5-3-14/h2-5H,6-12H2,1H3,(H,19,21). The minimum Gasteiger partial charge on any atom is -0.359 e. The van der Waals surface area contributed by atoms with E-state index in [1.165, 1.54) is 23.5 Å². The van der Waals surface area contributed by atoms with E-state index in [2.05, 4.69) is 20.4 Å². The Morgan fingerprint density at radius 2 is 1.92 bits per heavy atom. The summed E-state index contributed by atoms with van der Waals surface area (Å²) in [5.41, 5.74) is 1.02. The highest BCUT2D eigenvalue weighted by Gasteiger charge is 2.18. The normalized spacial score (nSPS) is 15.4.